The van der Waals surface area contributed by atoms with Gasteiger partial charge in [-0.2, -0.15) is 0 Å². The van der Waals surface area contributed by atoms with Crippen LogP contribution in [0.3, 0.4) is 0 Å². The third kappa shape index (κ3) is 4.99. The van der Waals surface area contributed by atoms with Crippen LogP contribution in [0.4, 0.5) is 5.69 Å². The Morgan fingerprint density at radius 1 is 1.11 bits per heavy atom. The Hall–Kier alpha value is -2.58. The summed E-state index contributed by atoms with van der Waals surface area (Å²) < 4.78 is 33.7. The summed E-state index contributed by atoms with van der Waals surface area (Å²) in [4.78, 5) is 14.5. The van der Waals surface area contributed by atoms with E-state index in [0.717, 1.165) is 23.3 Å². The molecule has 27 heavy (non-hydrogen) atoms. The Bertz CT molecular complexity index is 926. The average molecular weight is 390 g/mol. The molecule has 1 heterocycles. The van der Waals surface area contributed by atoms with Crippen LogP contribution in [0.5, 0.6) is 11.5 Å². The molecule has 0 atom stereocenters. The molecule has 0 saturated heterocycles. The van der Waals surface area contributed by atoms with Crippen LogP contribution in [0, 0.1) is 0 Å². The number of nitrogens with zero attached hydrogens (tertiary/aromatic N) is 1. The number of hydrogen-bond acceptors (Lipinski definition) is 6. The number of fused-ring (bicyclic) bond motifs is 1. The van der Waals surface area contributed by atoms with Gasteiger partial charge in [0.2, 0.25) is 12.7 Å². The van der Waals surface area contributed by atoms with E-state index in [1.165, 1.54) is 12.1 Å². The molecule has 0 saturated carbocycles. The van der Waals surface area contributed by atoms with Crippen molar-refractivity contribution in [2.45, 2.75) is 18.4 Å². The number of likely N-dealkylation sites (N-methyl/N-ethyl adjacent to an activating group) is 1. The van der Waals surface area contributed by atoms with Crippen LogP contribution in [0.1, 0.15) is 12.5 Å². The highest BCUT2D eigenvalue weighted by Crippen LogP contribution is 2.32. The van der Waals surface area contributed by atoms with E-state index in [2.05, 4.69) is 5.32 Å². The largest absolute Gasteiger partial charge is 0.454 e. The minimum atomic E-state index is -3.25. The smallest absolute Gasteiger partial charge is 0.238 e. The number of anilines is 1. The van der Waals surface area contributed by atoms with Gasteiger partial charge in [-0.25, -0.2) is 8.42 Å². The first-order chi connectivity index (χ1) is 12.8. The number of nitrogens with one attached hydrogen (secondary N) is 1. The highest BCUT2D eigenvalue weighted by molar-refractivity contribution is 7.90. The molecule has 144 valence electrons. The van der Waals surface area contributed by atoms with Gasteiger partial charge in [-0.1, -0.05) is 13.0 Å². The zero-order chi connectivity index (χ0) is 19.4. The van der Waals surface area contributed by atoms with Gasteiger partial charge in [0, 0.05) is 18.5 Å². The van der Waals surface area contributed by atoms with E-state index in [0.29, 0.717) is 18.8 Å². The maximum atomic E-state index is 12.3. The summed E-state index contributed by atoms with van der Waals surface area (Å²) in [6.07, 6.45) is 1.15. The van der Waals surface area contributed by atoms with Gasteiger partial charge in [-0.05, 0) is 48.5 Å². The van der Waals surface area contributed by atoms with Crippen LogP contribution in [-0.4, -0.2) is 45.4 Å². The van der Waals surface area contributed by atoms with Gasteiger partial charge in [0.1, 0.15) is 0 Å². The van der Waals surface area contributed by atoms with Gasteiger partial charge in [-0.3, -0.25) is 9.69 Å². The fraction of sp³-hybridized carbons (Fsp3) is 0.316. The van der Waals surface area contributed by atoms with Crippen molar-refractivity contribution < 1.29 is 22.7 Å². The zero-order valence-corrected chi connectivity index (χ0v) is 16.1. The molecule has 8 heteroatoms. The predicted octanol–water partition coefficient (Wildman–Crippen LogP) is 2.28. The lowest BCUT2D eigenvalue weighted by molar-refractivity contribution is -0.117. The maximum Gasteiger partial charge on any atom is 0.238 e. The molecule has 0 bridgehead atoms. The maximum absolute atomic E-state index is 12.3. The summed E-state index contributed by atoms with van der Waals surface area (Å²) in [6.45, 7) is 3.75. The third-order valence-corrected chi connectivity index (χ3v) is 5.35. The van der Waals surface area contributed by atoms with Crippen molar-refractivity contribution in [2.75, 3.05) is 31.5 Å². The molecule has 1 aliphatic rings. The van der Waals surface area contributed by atoms with Gasteiger partial charge >= 0.3 is 0 Å². The summed E-state index contributed by atoms with van der Waals surface area (Å²) in [6, 6.07) is 11.9. The van der Waals surface area contributed by atoms with E-state index in [9.17, 15) is 13.2 Å². The molecule has 0 radical (unpaired) electrons. The second kappa shape index (κ2) is 7.98. The van der Waals surface area contributed by atoms with E-state index in [-0.39, 0.29) is 24.1 Å². The van der Waals surface area contributed by atoms with E-state index < -0.39 is 9.84 Å². The predicted molar refractivity (Wildman–Crippen MR) is 102 cm³/mol. The number of benzene rings is 2. The lowest BCUT2D eigenvalue weighted by Gasteiger charge is -2.20. The number of amides is 1. The highest BCUT2D eigenvalue weighted by atomic mass is 32.2. The number of rotatable bonds is 7. The van der Waals surface area contributed by atoms with Crippen LogP contribution in [-0.2, 0) is 21.2 Å². The number of carbonyl (C=O) groups is 1. The quantitative estimate of drug-likeness (QED) is 0.781. The number of ether oxygens (including phenoxy) is 2. The summed E-state index contributed by atoms with van der Waals surface area (Å²) >= 11 is 0. The molecule has 0 aliphatic carbocycles. The fourth-order valence-corrected chi connectivity index (χ4v) is 3.40. The second-order valence-electron chi connectivity index (χ2n) is 6.34. The minimum Gasteiger partial charge on any atom is -0.454 e. The minimum absolute atomic E-state index is 0.162. The van der Waals surface area contributed by atoms with Crippen molar-refractivity contribution in [1.29, 1.82) is 0 Å². The summed E-state index contributed by atoms with van der Waals surface area (Å²) in [7, 11) is -3.25. The Kier molecular flexibility index (Phi) is 5.67. The van der Waals surface area contributed by atoms with E-state index >= 15 is 0 Å². The Morgan fingerprint density at radius 3 is 2.48 bits per heavy atom. The van der Waals surface area contributed by atoms with Gasteiger partial charge in [0.15, 0.2) is 21.3 Å². The third-order valence-electron chi connectivity index (χ3n) is 4.22. The van der Waals surface area contributed by atoms with Crippen molar-refractivity contribution in [3.8, 4) is 11.5 Å². The van der Waals surface area contributed by atoms with Crippen LogP contribution in [0.25, 0.3) is 0 Å². The molecule has 2 aromatic rings. The number of hydrogen-bond donors (Lipinski definition) is 1. The van der Waals surface area contributed by atoms with Crippen LogP contribution in [0.2, 0.25) is 0 Å². The molecule has 0 spiro atoms. The summed E-state index contributed by atoms with van der Waals surface area (Å²) in [5.74, 6) is 1.29. The first-order valence-electron chi connectivity index (χ1n) is 8.56. The highest BCUT2D eigenvalue weighted by Gasteiger charge is 2.16. The average Bonchev–Trinajstić information content (AvgIpc) is 3.08. The molecule has 0 unspecified atom stereocenters. The monoisotopic (exact) mass is 390 g/mol. The van der Waals surface area contributed by atoms with Gasteiger partial charge in [0.25, 0.3) is 0 Å². The van der Waals surface area contributed by atoms with Crippen molar-refractivity contribution in [3.63, 3.8) is 0 Å². The van der Waals surface area contributed by atoms with Crippen molar-refractivity contribution in [2.24, 2.45) is 0 Å². The molecule has 1 N–H and O–H groups in total. The topological polar surface area (TPSA) is 84.9 Å². The number of sulfone groups is 1. The normalized spacial score (nSPS) is 13.0. The van der Waals surface area contributed by atoms with Crippen LogP contribution >= 0.6 is 0 Å². The van der Waals surface area contributed by atoms with Crippen molar-refractivity contribution >= 4 is 21.4 Å². The Balaban J connectivity index is 1.58. The van der Waals surface area contributed by atoms with Crippen molar-refractivity contribution in [3.05, 3.63) is 48.0 Å². The lowest BCUT2D eigenvalue weighted by Crippen LogP contribution is -2.32. The standard InChI is InChI=1S/C19H22N2O5S/c1-3-21(11-14-4-9-17-18(10-14)26-13-25-17)12-19(22)20-15-5-7-16(8-6-15)27(2,23)24/h4-10H,3,11-13H2,1-2H3,(H,20,22). The molecule has 1 aliphatic heterocycles. The van der Waals surface area contributed by atoms with Crippen molar-refractivity contribution in [1.82, 2.24) is 4.90 Å². The van der Waals surface area contributed by atoms with Crippen LogP contribution < -0.4 is 14.8 Å². The van der Waals surface area contributed by atoms with Gasteiger partial charge in [-0.15, -0.1) is 0 Å². The Morgan fingerprint density at radius 2 is 1.81 bits per heavy atom. The molecule has 3 rings (SSSR count). The molecular weight excluding hydrogens is 368 g/mol. The summed E-state index contributed by atoms with van der Waals surface area (Å²) in [5, 5.41) is 2.79. The molecular formula is C19H22N2O5S. The van der Waals surface area contributed by atoms with Crippen LogP contribution in [0.15, 0.2) is 47.4 Å². The summed E-state index contributed by atoms with van der Waals surface area (Å²) in [5.41, 5.74) is 1.60. The Labute approximate surface area is 158 Å². The van der Waals surface area contributed by atoms with Gasteiger partial charge < -0.3 is 14.8 Å². The lowest BCUT2D eigenvalue weighted by atomic mass is 10.2. The number of carbonyl (C=O) groups excluding carboxylic acids is 1. The van der Waals surface area contributed by atoms with Gasteiger partial charge in [0.05, 0.1) is 11.4 Å². The first kappa shape index (κ1) is 19.2. The molecule has 0 fully saturated rings. The van der Waals surface area contributed by atoms with E-state index in [1.807, 2.05) is 30.0 Å². The fourth-order valence-electron chi connectivity index (χ4n) is 2.77. The first-order valence-corrected chi connectivity index (χ1v) is 10.4. The van der Waals surface area contributed by atoms with E-state index in [4.69, 9.17) is 9.47 Å². The van der Waals surface area contributed by atoms with E-state index in [1.54, 1.807) is 12.1 Å². The second-order valence-corrected chi connectivity index (χ2v) is 8.35. The zero-order valence-electron chi connectivity index (χ0n) is 15.3. The molecule has 7 nitrogen and oxygen atoms in total. The molecule has 2 aromatic carbocycles. The SMILES string of the molecule is CCN(CC(=O)Nc1ccc(S(C)(=O)=O)cc1)Cc1ccc2c(c1)OCO2. The molecule has 1 amide bonds. The molecule has 0 aromatic heterocycles.